The van der Waals surface area contributed by atoms with E-state index in [4.69, 9.17) is 0 Å². The van der Waals surface area contributed by atoms with Crippen molar-refractivity contribution in [3.63, 3.8) is 0 Å². The molecule has 2 heterocycles. The van der Waals surface area contributed by atoms with E-state index in [9.17, 15) is 75.1 Å². The Bertz CT molecular complexity index is 2860. The van der Waals surface area contributed by atoms with E-state index < -0.39 is 99.7 Å². The molecule has 2 aliphatic heterocycles. The summed E-state index contributed by atoms with van der Waals surface area (Å²) < 4.78 is 69.8. The molecule has 2 amide bonds. The van der Waals surface area contributed by atoms with Crippen LogP contribution in [0.4, 0.5) is 22.7 Å². The molecular weight excluding hydrogens is 928 g/mol. The second-order valence-electron chi connectivity index (χ2n) is 12.3. The van der Waals surface area contributed by atoms with Crippen molar-refractivity contribution in [3.05, 3.63) is 107 Å². The summed E-state index contributed by atoms with van der Waals surface area (Å²) in [5, 5.41) is 54.2. The molecule has 2 aliphatic rings. The third-order valence-corrected chi connectivity index (χ3v) is 10.2. The summed E-state index contributed by atoms with van der Waals surface area (Å²) in [5.74, 6) is -8.69. The molecule has 4 aromatic rings. The van der Waals surface area contributed by atoms with Gasteiger partial charge in [0.15, 0.2) is 11.4 Å². The fraction of sp³-hybridized carbons (Fsp3) is 0. The van der Waals surface area contributed by atoms with E-state index in [1.165, 1.54) is 36.4 Å². The fourth-order valence-electron chi connectivity index (χ4n) is 5.63. The number of carboxylic acid groups (broad SMARTS) is 4. The Morgan fingerprint density at radius 3 is 1.22 bits per heavy atom. The first kappa shape index (κ1) is 46.1. The summed E-state index contributed by atoms with van der Waals surface area (Å²) >= 11 is 0. The largest absolute Gasteiger partial charge is 0.478 e. The van der Waals surface area contributed by atoms with Crippen LogP contribution in [0.2, 0.25) is 0 Å². The van der Waals surface area contributed by atoms with E-state index in [1.54, 1.807) is 0 Å². The number of aliphatic carboxylic acids is 2. The number of hydrogen-bond acceptors (Lipinski definition) is 16. The van der Waals surface area contributed by atoms with Gasteiger partial charge in [0, 0.05) is 17.1 Å². The third-order valence-electron chi connectivity index (χ3n) is 8.39. The van der Waals surface area contributed by atoms with E-state index in [1.807, 2.05) is 0 Å². The molecule has 0 atom stereocenters. The molecule has 24 nitrogen and oxygen atoms in total. The van der Waals surface area contributed by atoms with Gasteiger partial charge < -0.3 is 20.4 Å². The summed E-state index contributed by atoms with van der Waals surface area (Å²) in [7, 11) is -10.2. The summed E-state index contributed by atoms with van der Waals surface area (Å²) in [5.41, 5.74) is -1.27. The van der Waals surface area contributed by atoms with E-state index in [-0.39, 0.29) is 50.9 Å². The van der Waals surface area contributed by atoms with Crippen molar-refractivity contribution >= 4 is 114 Å². The zero-order valence-electron chi connectivity index (χ0n) is 30.8. The summed E-state index contributed by atoms with van der Waals surface area (Å²) in [4.78, 5) is 72.0. The van der Waals surface area contributed by atoms with Crippen LogP contribution < -0.4 is 20.9 Å². The first-order valence-corrected chi connectivity index (χ1v) is 19.6. The van der Waals surface area contributed by atoms with Crippen LogP contribution in [0.5, 0.6) is 0 Å². The molecule has 327 valence electrons. The predicted octanol–water partition coefficient (Wildman–Crippen LogP) is 2.25. The summed E-state index contributed by atoms with van der Waals surface area (Å²) in [6.45, 7) is 0. The molecule has 0 saturated heterocycles. The molecule has 0 spiro atoms. The minimum absolute atomic E-state index is 0. The van der Waals surface area contributed by atoms with Crippen LogP contribution in [0.1, 0.15) is 31.8 Å². The monoisotopic (exact) mass is 951 g/mol. The normalized spacial score (nSPS) is 15.3. The molecule has 0 bridgehead atoms. The third kappa shape index (κ3) is 9.67. The van der Waals surface area contributed by atoms with Gasteiger partial charge in [-0.1, -0.05) is 48.6 Å². The zero-order valence-corrected chi connectivity index (χ0v) is 33.4. The van der Waals surface area contributed by atoms with Crippen molar-refractivity contribution in [1.82, 2.24) is 0 Å². The Kier molecular flexibility index (Phi) is 13.1. The Morgan fingerprint density at radius 1 is 0.556 bits per heavy atom. The van der Waals surface area contributed by atoms with Gasteiger partial charge in [-0.25, -0.2) is 19.2 Å². The molecule has 1 radical (unpaired) electrons. The molecule has 6 rings (SSSR count). The van der Waals surface area contributed by atoms with Crippen LogP contribution in [-0.4, -0.2) is 105 Å². The van der Waals surface area contributed by atoms with Crippen molar-refractivity contribution in [1.29, 1.82) is 0 Å². The molecule has 0 aromatic heterocycles. The Morgan fingerprint density at radius 2 is 0.905 bits per heavy atom. The number of nitrogens with zero attached hydrogens (tertiary/aromatic N) is 6. The number of carbonyl (C=O) groups is 6. The van der Waals surface area contributed by atoms with E-state index in [2.05, 4.69) is 31.3 Å². The minimum Gasteiger partial charge on any atom is -0.478 e. The second-order valence-corrected chi connectivity index (χ2v) is 15.1. The molecular formula is C36H24CuN8O16S2. The van der Waals surface area contributed by atoms with Crippen LogP contribution in [-0.2, 0) is 56.5 Å². The molecule has 0 saturated carbocycles. The molecule has 0 aliphatic carbocycles. The van der Waals surface area contributed by atoms with Crippen LogP contribution in [0, 0.1) is 0 Å². The van der Waals surface area contributed by atoms with Gasteiger partial charge in [0.2, 0.25) is 11.4 Å². The van der Waals surface area contributed by atoms with Crippen LogP contribution in [0.15, 0.2) is 115 Å². The Labute approximate surface area is 362 Å². The number of aromatic carboxylic acids is 2. The van der Waals surface area contributed by atoms with Gasteiger partial charge in [0.25, 0.3) is 20.2 Å². The summed E-state index contributed by atoms with van der Waals surface area (Å²) in [6.07, 6.45) is 2.03. The molecule has 0 unspecified atom stereocenters. The number of hydrogen-bond donors (Lipinski definition) is 8. The van der Waals surface area contributed by atoms with Gasteiger partial charge in [-0.3, -0.25) is 29.5 Å². The van der Waals surface area contributed by atoms with E-state index in [0.717, 1.165) is 60.7 Å². The average molecular weight is 952 g/mol. The molecule has 0 fully saturated rings. The first-order valence-electron chi connectivity index (χ1n) is 16.7. The molecule has 27 heteroatoms. The fourth-order valence-corrected chi connectivity index (χ4v) is 7.05. The van der Waals surface area contributed by atoms with Gasteiger partial charge in [0.05, 0.1) is 33.9 Å². The zero-order chi connectivity index (χ0) is 45.3. The van der Waals surface area contributed by atoms with Crippen molar-refractivity contribution in [3.8, 4) is 0 Å². The van der Waals surface area contributed by atoms with Crippen LogP contribution in [0.3, 0.4) is 0 Å². The number of anilines is 4. The average Bonchev–Trinajstić information content (AvgIpc) is 3.73. The maximum Gasteiger partial charge on any atom is 0.358 e. The first-order chi connectivity index (χ1) is 29.2. The van der Waals surface area contributed by atoms with Crippen molar-refractivity contribution in [2.75, 3.05) is 20.9 Å². The summed E-state index contributed by atoms with van der Waals surface area (Å²) in [6, 6.07) is 16.2. The van der Waals surface area contributed by atoms with Gasteiger partial charge in [-0.05, 0) is 59.7 Å². The number of rotatable bonds is 14. The van der Waals surface area contributed by atoms with E-state index >= 15 is 0 Å². The predicted molar refractivity (Wildman–Crippen MR) is 215 cm³/mol. The molecule has 4 aromatic carbocycles. The van der Waals surface area contributed by atoms with Crippen molar-refractivity contribution in [2.45, 2.75) is 9.79 Å². The van der Waals surface area contributed by atoms with Gasteiger partial charge >= 0.3 is 35.7 Å². The molecule has 8 N–H and O–H groups in total. The van der Waals surface area contributed by atoms with Gasteiger partial charge in [-0.2, -0.15) is 47.3 Å². The van der Waals surface area contributed by atoms with Crippen molar-refractivity contribution < 1.29 is 92.2 Å². The maximum atomic E-state index is 13.2. The number of benzene rings is 4. The number of carbonyl (C=O) groups excluding carboxylic acids is 2. The van der Waals surface area contributed by atoms with Gasteiger partial charge in [0.1, 0.15) is 9.79 Å². The van der Waals surface area contributed by atoms with Crippen molar-refractivity contribution in [2.24, 2.45) is 20.4 Å². The standard InChI is InChI=1S/C36H24N8O16S2.Cu/c45-31-27(29(35(51)52)41-43(31)23-7-3-1-5-21(23)33(47)48)39-37-19-13-11-17(25(15-19)61(55,56)57)9-10-18-12-14-20(16-26(18)62(58,59)60)38-40-28-30(36(53)54)42-44(32(28)46)24-8-4-2-6-22(24)34(49)50;/h1-16,37-38H,(H,47,48)(H,49,50)(H,51,52)(H,53,54)(H,55,56,57)(H,58,59,60);/b10-9+,39-27+,40-28+;. The van der Waals surface area contributed by atoms with Gasteiger partial charge in [-0.15, -0.1) is 0 Å². The SMILES string of the molecule is O=C(O)C1=NN(c2ccccc2C(=O)O)C(=O)/C1=N/Nc1ccc(/C=C/c2ccc(N/N=C3/C(=O)N(c4ccccc4C(=O)O)N=C3C(=O)O)cc2S(=O)(=O)O)c(S(=O)(=O)O)c1.[Cu]. The number of hydrazone groups is 4. The maximum absolute atomic E-state index is 13.2. The number of nitrogens with one attached hydrogen (secondary N) is 2. The number of amides is 2. The Hall–Kier alpha value is -7.94. The topological polar surface area (TPSA) is 372 Å². The Balaban J connectivity index is 0.00000748. The van der Waals surface area contributed by atoms with Crippen LogP contribution >= 0.6 is 0 Å². The number of carboxylic acids is 4. The van der Waals surface area contributed by atoms with E-state index in [0.29, 0.717) is 10.0 Å². The number of para-hydroxylation sites is 2. The second kappa shape index (κ2) is 18.0. The minimum atomic E-state index is -5.09. The quantitative estimate of drug-likeness (QED) is 0.0389. The van der Waals surface area contributed by atoms with Crippen LogP contribution in [0.25, 0.3) is 12.2 Å². The smallest absolute Gasteiger partial charge is 0.358 e. The molecule has 63 heavy (non-hydrogen) atoms.